The minimum absolute atomic E-state index is 0.314. The molecule has 0 aromatic heterocycles. The van der Waals surface area contributed by atoms with Gasteiger partial charge in [-0.05, 0) is 57.7 Å². The molecule has 0 aliphatic heterocycles. The summed E-state index contributed by atoms with van der Waals surface area (Å²) in [4.78, 5) is 0. The summed E-state index contributed by atoms with van der Waals surface area (Å²) < 4.78 is 39.9. The van der Waals surface area contributed by atoms with E-state index in [0.29, 0.717) is 22.0 Å². The van der Waals surface area contributed by atoms with Crippen LogP contribution in [0.15, 0.2) is 40.9 Å². The Balaban J connectivity index is 2.23. The quantitative estimate of drug-likeness (QED) is 0.656. The summed E-state index contributed by atoms with van der Waals surface area (Å²) in [5, 5.41) is 0. The Morgan fingerprint density at radius 2 is 1.75 bits per heavy atom. The van der Waals surface area contributed by atoms with Gasteiger partial charge in [-0.25, -0.2) is 13.2 Å². The van der Waals surface area contributed by atoms with Crippen molar-refractivity contribution in [2.45, 2.75) is 12.5 Å². The van der Waals surface area contributed by atoms with Gasteiger partial charge >= 0.3 is 0 Å². The summed E-state index contributed by atoms with van der Waals surface area (Å²) in [6.45, 7) is 0. The van der Waals surface area contributed by atoms with Crippen LogP contribution in [0.1, 0.15) is 17.2 Å². The van der Waals surface area contributed by atoms with Gasteiger partial charge in [0.05, 0.1) is 10.5 Å². The Kier molecular flexibility index (Phi) is 4.80. The summed E-state index contributed by atoms with van der Waals surface area (Å²) >= 11 is 3.07. The highest BCUT2D eigenvalue weighted by Crippen LogP contribution is 2.23. The number of halogens is 4. The van der Waals surface area contributed by atoms with Crippen LogP contribution >= 0.6 is 15.9 Å². The molecule has 2 nitrogen and oxygen atoms in total. The molecule has 0 bridgehead atoms. The van der Waals surface area contributed by atoms with Gasteiger partial charge in [0.15, 0.2) is 11.6 Å². The molecule has 1 atom stereocenters. The molecule has 3 N–H and O–H groups in total. The van der Waals surface area contributed by atoms with Gasteiger partial charge in [0.25, 0.3) is 0 Å². The van der Waals surface area contributed by atoms with Crippen molar-refractivity contribution in [1.29, 1.82) is 0 Å². The highest BCUT2D eigenvalue weighted by atomic mass is 79.9. The van der Waals surface area contributed by atoms with E-state index in [4.69, 9.17) is 5.84 Å². The normalized spacial score (nSPS) is 12.4. The average Bonchev–Trinajstić information content (AvgIpc) is 2.43. The Bertz CT molecular complexity index is 619. The Hall–Kier alpha value is -1.37. The molecule has 2 aromatic carbocycles. The first-order valence-corrected chi connectivity index (χ1v) is 6.65. The second-order valence-corrected chi connectivity index (χ2v) is 5.20. The first-order valence-electron chi connectivity index (χ1n) is 5.86. The molecule has 2 aromatic rings. The smallest absolute Gasteiger partial charge is 0.159 e. The molecule has 0 fully saturated rings. The van der Waals surface area contributed by atoms with Gasteiger partial charge in [-0.2, -0.15) is 0 Å². The third kappa shape index (κ3) is 3.39. The van der Waals surface area contributed by atoms with E-state index >= 15 is 0 Å². The number of hydrogen-bond acceptors (Lipinski definition) is 2. The topological polar surface area (TPSA) is 38.0 Å². The minimum atomic E-state index is -0.916. The van der Waals surface area contributed by atoms with Crippen LogP contribution in [0.3, 0.4) is 0 Å². The number of hydrazine groups is 1. The highest BCUT2D eigenvalue weighted by Gasteiger charge is 2.14. The Morgan fingerprint density at radius 3 is 2.35 bits per heavy atom. The standard InChI is InChI=1S/C14H12BrF3N2/c15-10-3-2-9(7-12(10)17)14(20-19)6-8-1-4-11(16)13(18)5-8/h1-5,7,14,20H,6,19H2. The maximum atomic E-state index is 13.5. The summed E-state index contributed by atoms with van der Waals surface area (Å²) in [6, 6.07) is 7.85. The van der Waals surface area contributed by atoms with E-state index in [0.717, 1.165) is 12.1 Å². The Morgan fingerprint density at radius 1 is 1.00 bits per heavy atom. The van der Waals surface area contributed by atoms with Crippen molar-refractivity contribution < 1.29 is 13.2 Å². The van der Waals surface area contributed by atoms with Gasteiger partial charge in [0.2, 0.25) is 0 Å². The summed E-state index contributed by atoms with van der Waals surface area (Å²) in [5.74, 6) is 3.23. The molecule has 106 valence electrons. The van der Waals surface area contributed by atoms with E-state index in [1.54, 1.807) is 12.1 Å². The predicted octanol–water partition coefficient (Wildman–Crippen LogP) is 3.61. The van der Waals surface area contributed by atoms with E-state index < -0.39 is 23.5 Å². The zero-order valence-electron chi connectivity index (χ0n) is 10.3. The monoisotopic (exact) mass is 344 g/mol. The van der Waals surface area contributed by atoms with Crippen molar-refractivity contribution >= 4 is 15.9 Å². The van der Waals surface area contributed by atoms with Crippen molar-refractivity contribution in [2.75, 3.05) is 0 Å². The van der Waals surface area contributed by atoms with Gasteiger partial charge in [-0.15, -0.1) is 0 Å². The van der Waals surface area contributed by atoms with Gasteiger partial charge < -0.3 is 0 Å². The fraction of sp³-hybridized carbons (Fsp3) is 0.143. The molecule has 0 radical (unpaired) electrons. The van der Waals surface area contributed by atoms with E-state index in [1.165, 1.54) is 12.1 Å². The molecule has 20 heavy (non-hydrogen) atoms. The molecule has 1 unspecified atom stereocenters. The van der Waals surface area contributed by atoms with Crippen LogP contribution in [0, 0.1) is 17.5 Å². The molecule has 0 heterocycles. The second kappa shape index (κ2) is 6.39. The molecular weight excluding hydrogens is 333 g/mol. The fourth-order valence-electron chi connectivity index (χ4n) is 1.90. The highest BCUT2D eigenvalue weighted by molar-refractivity contribution is 9.10. The van der Waals surface area contributed by atoms with Crippen molar-refractivity contribution in [2.24, 2.45) is 5.84 Å². The van der Waals surface area contributed by atoms with E-state index in [1.807, 2.05) is 0 Å². The van der Waals surface area contributed by atoms with Gasteiger partial charge in [0, 0.05) is 0 Å². The van der Waals surface area contributed by atoms with Gasteiger partial charge in [-0.3, -0.25) is 11.3 Å². The van der Waals surface area contributed by atoms with Crippen LogP contribution in [-0.4, -0.2) is 0 Å². The zero-order valence-corrected chi connectivity index (χ0v) is 11.9. The first kappa shape index (κ1) is 15.0. The molecule has 0 spiro atoms. The summed E-state index contributed by atoms with van der Waals surface area (Å²) in [7, 11) is 0. The van der Waals surface area contributed by atoms with Gasteiger partial charge in [0.1, 0.15) is 5.82 Å². The summed E-state index contributed by atoms with van der Waals surface area (Å²) in [6.07, 6.45) is 0.314. The average molecular weight is 345 g/mol. The number of nitrogens with two attached hydrogens (primary N) is 1. The number of benzene rings is 2. The largest absolute Gasteiger partial charge is 0.271 e. The molecule has 6 heteroatoms. The van der Waals surface area contributed by atoms with Crippen molar-refractivity contribution in [3.05, 3.63) is 69.4 Å². The van der Waals surface area contributed by atoms with Crippen molar-refractivity contribution in [3.63, 3.8) is 0 Å². The van der Waals surface area contributed by atoms with Crippen molar-refractivity contribution in [3.8, 4) is 0 Å². The van der Waals surface area contributed by atoms with Crippen LogP contribution in [-0.2, 0) is 6.42 Å². The lowest BCUT2D eigenvalue weighted by Crippen LogP contribution is -2.29. The molecule has 0 aliphatic rings. The van der Waals surface area contributed by atoms with E-state index in [9.17, 15) is 13.2 Å². The Labute approximate surface area is 122 Å². The van der Waals surface area contributed by atoms with Crippen LogP contribution in [0.2, 0.25) is 0 Å². The van der Waals surface area contributed by atoms with Crippen LogP contribution in [0.5, 0.6) is 0 Å². The maximum absolute atomic E-state index is 13.5. The molecule has 0 amide bonds. The number of nitrogens with one attached hydrogen (secondary N) is 1. The third-order valence-corrected chi connectivity index (χ3v) is 3.61. The zero-order chi connectivity index (χ0) is 14.7. The molecular formula is C14H12BrF3N2. The molecule has 2 rings (SSSR count). The van der Waals surface area contributed by atoms with E-state index in [2.05, 4.69) is 21.4 Å². The van der Waals surface area contributed by atoms with Crippen LogP contribution in [0.25, 0.3) is 0 Å². The molecule has 0 saturated heterocycles. The van der Waals surface area contributed by atoms with Gasteiger partial charge in [-0.1, -0.05) is 12.1 Å². The number of hydrogen-bond donors (Lipinski definition) is 2. The maximum Gasteiger partial charge on any atom is 0.159 e. The predicted molar refractivity (Wildman–Crippen MR) is 74.2 cm³/mol. The molecule has 0 aliphatic carbocycles. The van der Waals surface area contributed by atoms with Crippen molar-refractivity contribution in [1.82, 2.24) is 5.43 Å². The SMILES string of the molecule is NNC(Cc1ccc(F)c(F)c1)c1ccc(Br)c(F)c1. The lowest BCUT2D eigenvalue weighted by atomic mass is 9.99. The lowest BCUT2D eigenvalue weighted by molar-refractivity contribution is 0.502. The molecule has 0 saturated carbocycles. The van der Waals surface area contributed by atoms with Crippen LogP contribution < -0.4 is 11.3 Å². The lowest BCUT2D eigenvalue weighted by Gasteiger charge is -2.17. The minimum Gasteiger partial charge on any atom is -0.271 e. The third-order valence-electron chi connectivity index (χ3n) is 2.97. The first-order chi connectivity index (χ1) is 9.51. The number of rotatable bonds is 4. The second-order valence-electron chi connectivity index (χ2n) is 4.35. The fourth-order valence-corrected chi connectivity index (χ4v) is 2.15. The summed E-state index contributed by atoms with van der Waals surface area (Å²) in [5.41, 5.74) is 3.74. The van der Waals surface area contributed by atoms with Crippen LogP contribution in [0.4, 0.5) is 13.2 Å². The van der Waals surface area contributed by atoms with E-state index in [-0.39, 0.29) is 0 Å².